The van der Waals surface area contributed by atoms with Gasteiger partial charge in [0.25, 0.3) is 0 Å². The number of hydrogen-bond donors (Lipinski definition) is 2. The number of nitriles is 1. The molecule has 0 bridgehead atoms. The fraction of sp³-hybridized carbons (Fsp3) is 0.217. The molecule has 0 amide bonds. The Morgan fingerprint density at radius 2 is 1.91 bits per heavy atom. The Bertz CT molecular complexity index is 1380. The lowest BCUT2D eigenvalue weighted by Gasteiger charge is -2.17. The first kappa shape index (κ1) is 22.3. The van der Waals surface area contributed by atoms with Gasteiger partial charge in [-0.1, -0.05) is 35.0 Å². The summed E-state index contributed by atoms with van der Waals surface area (Å²) < 4.78 is 1.60. The zero-order valence-electron chi connectivity index (χ0n) is 18.3. The van der Waals surface area contributed by atoms with Crippen LogP contribution in [0.15, 0.2) is 42.6 Å². The van der Waals surface area contributed by atoms with Crippen molar-refractivity contribution in [2.75, 3.05) is 5.73 Å². The van der Waals surface area contributed by atoms with Gasteiger partial charge < -0.3 is 10.8 Å². The zero-order valence-corrected chi connectivity index (χ0v) is 19.0. The lowest BCUT2D eigenvalue weighted by Crippen LogP contribution is -2.18. The van der Waals surface area contributed by atoms with Crippen LogP contribution in [0.1, 0.15) is 36.4 Å². The second-order valence-electron chi connectivity index (χ2n) is 8.06. The Morgan fingerprint density at radius 1 is 1.15 bits per heavy atom. The summed E-state index contributed by atoms with van der Waals surface area (Å²) in [6.45, 7) is 5.53. The van der Waals surface area contributed by atoms with Gasteiger partial charge in [-0.25, -0.2) is 14.6 Å². The van der Waals surface area contributed by atoms with Crippen LogP contribution < -0.4 is 5.73 Å². The van der Waals surface area contributed by atoms with Gasteiger partial charge in [0.15, 0.2) is 5.82 Å². The van der Waals surface area contributed by atoms with Crippen LogP contribution in [0.5, 0.6) is 0 Å². The molecule has 3 heterocycles. The van der Waals surface area contributed by atoms with Gasteiger partial charge in [0.2, 0.25) is 0 Å². The highest BCUT2D eigenvalue weighted by Gasteiger charge is 2.20. The summed E-state index contributed by atoms with van der Waals surface area (Å²) in [7, 11) is 0. The second-order valence-corrected chi connectivity index (χ2v) is 8.44. The molecule has 0 atom stereocenters. The number of hydrogen-bond acceptors (Lipinski definition) is 8. The summed E-state index contributed by atoms with van der Waals surface area (Å²) in [6.07, 6.45) is 1.69. The molecule has 10 heteroatoms. The van der Waals surface area contributed by atoms with E-state index in [0.29, 0.717) is 46.3 Å². The number of benzene rings is 1. The van der Waals surface area contributed by atoms with Crippen molar-refractivity contribution in [3.63, 3.8) is 0 Å². The van der Waals surface area contributed by atoms with E-state index in [-0.39, 0.29) is 10.8 Å². The summed E-state index contributed by atoms with van der Waals surface area (Å²) in [5.74, 6) is 0.447. The molecule has 3 N–H and O–H groups in total. The molecule has 0 radical (unpaired) electrons. The molecule has 1 aromatic carbocycles. The molecular formula is C23H21ClN8O. The third-order valence-electron chi connectivity index (χ3n) is 5.11. The molecule has 0 aliphatic rings. The topological polar surface area (TPSA) is 139 Å². The number of aliphatic hydroxyl groups is 1. The van der Waals surface area contributed by atoms with E-state index in [1.807, 2.05) is 25.1 Å². The SMILES string of the molecule is Cc1c(C#N)cccc1-c1nc(N)c(Cl)c(-c2cn(Cc3cccc(C(C)(C)O)n3)nn2)n1. The smallest absolute Gasteiger partial charge is 0.162 e. The van der Waals surface area contributed by atoms with Crippen molar-refractivity contribution < 1.29 is 5.11 Å². The van der Waals surface area contributed by atoms with Crippen LogP contribution in [0, 0.1) is 18.3 Å². The fourth-order valence-corrected chi connectivity index (χ4v) is 3.49. The highest BCUT2D eigenvalue weighted by atomic mass is 35.5. The molecule has 3 aromatic heterocycles. The molecule has 4 rings (SSSR count). The molecule has 0 fully saturated rings. The maximum absolute atomic E-state index is 10.2. The third kappa shape index (κ3) is 4.53. The van der Waals surface area contributed by atoms with Gasteiger partial charge in [-0.05, 0) is 44.5 Å². The molecule has 166 valence electrons. The van der Waals surface area contributed by atoms with E-state index in [4.69, 9.17) is 17.3 Å². The fourth-order valence-electron chi connectivity index (χ4n) is 3.31. The predicted octanol–water partition coefficient (Wildman–Crippen LogP) is 3.49. The van der Waals surface area contributed by atoms with Gasteiger partial charge in [-0.3, -0.25) is 4.98 Å². The lowest BCUT2D eigenvalue weighted by atomic mass is 10.0. The van der Waals surface area contributed by atoms with Crippen LogP contribution >= 0.6 is 11.6 Å². The van der Waals surface area contributed by atoms with Gasteiger partial charge in [-0.15, -0.1) is 5.10 Å². The van der Waals surface area contributed by atoms with E-state index in [9.17, 15) is 10.4 Å². The molecular weight excluding hydrogens is 440 g/mol. The van der Waals surface area contributed by atoms with Crippen LogP contribution in [0.25, 0.3) is 22.8 Å². The average molecular weight is 461 g/mol. The Morgan fingerprint density at radius 3 is 2.64 bits per heavy atom. The van der Waals surface area contributed by atoms with E-state index >= 15 is 0 Å². The first-order chi connectivity index (χ1) is 15.7. The zero-order chi connectivity index (χ0) is 23.8. The summed E-state index contributed by atoms with van der Waals surface area (Å²) in [6, 6.07) is 12.9. The van der Waals surface area contributed by atoms with Gasteiger partial charge in [-0.2, -0.15) is 5.26 Å². The molecule has 9 nitrogen and oxygen atoms in total. The van der Waals surface area contributed by atoms with Crippen molar-refractivity contribution in [1.29, 1.82) is 5.26 Å². The average Bonchev–Trinajstić information content (AvgIpc) is 3.23. The lowest BCUT2D eigenvalue weighted by molar-refractivity contribution is 0.0736. The van der Waals surface area contributed by atoms with Crippen molar-refractivity contribution in [1.82, 2.24) is 29.9 Å². The normalized spacial score (nSPS) is 11.4. The Labute approximate surface area is 195 Å². The number of anilines is 1. The van der Waals surface area contributed by atoms with Crippen LogP contribution in [0.2, 0.25) is 5.02 Å². The highest BCUT2D eigenvalue weighted by molar-refractivity contribution is 6.35. The van der Waals surface area contributed by atoms with E-state index in [1.54, 1.807) is 42.9 Å². The van der Waals surface area contributed by atoms with Crippen LogP contribution in [0.4, 0.5) is 5.82 Å². The summed E-state index contributed by atoms with van der Waals surface area (Å²) >= 11 is 6.41. The molecule has 0 unspecified atom stereocenters. The summed E-state index contributed by atoms with van der Waals surface area (Å²) in [4.78, 5) is 13.4. The molecule has 0 saturated carbocycles. The van der Waals surface area contributed by atoms with Crippen LogP contribution in [-0.2, 0) is 12.1 Å². The van der Waals surface area contributed by atoms with E-state index in [1.165, 1.54) is 0 Å². The number of pyridine rings is 1. The van der Waals surface area contributed by atoms with Crippen LogP contribution in [-0.4, -0.2) is 35.1 Å². The van der Waals surface area contributed by atoms with E-state index < -0.39 is 5.60 Å². The van der Waals surface area contributed by atoms with Gasteiger partial charge in [0.05, 0.1) is 35.8 Å². The van der Waals surface area contributed by atoms with Crippen molar-refractivity contribution >= 4 is 17.4 Å². The van der Waals surface area contributed by atoms with Crippen molar-refractivity contribution in [2.45, 2.75) is 32.9 Å². The number of aromatic nitrogens is 6. The van der Waals surface area contributed by atoms with Crippen molar-refractivity contribution in [3.05, 3.63) is 70.1 Å². The maximum Gasteiger partial charge on any atom is 0.162 e. The van der Waals surface area contributed by atoms with Crippen molar-refractivity contribution in [2.24, 2.45) is 0 Å². The highest BCUT2D eigenvalue weighted by Crippen LogP contribution is 2.32. The standard InChI is InChI=1S/C23H21ClN8O/c1-13-14(10-25)6-4-8-16(13)22-28-20(19(24)21(26)29-22)17-12-32(31-30-17)11-15-7-5-9-18(27-15)23(2,3)33/h4-9,12,33H,11H2,1-3H3,(H2,26,28,29). The Kier molecular flexibility index (Phi) is 5.80. The second kappa shape index (κ2) is 8.58. The minimum Gasteiger partial charge on any atom is -0.384 e. The monoisotopic (exact) mass is 460 g/mol. The summed E-state index contributed by atoms with van der Waals surface area (Å²) in [5.41, 5.74) is 9.00. The number of rotatable bonds is 5. The Hall–Kier alpha value is -3.87. The maximum atomic E-state index is 10.2. The Balaban J connectivity index is 1.70. The van der Waals surface area contributed by atoms with E-state index in [0.717, 1.165) is 5.56 Å². The number of nitrogens with zero attached hydrogens (tertiary/aromatic N) is 7. The van der Waals surface area contributed by atoms with E-state index in [2.05, 4.69) is 31.3 Å². The number of nitrogen functional groups attached to an aromatic ring is 1. The third-order valence-corrected chi connectivity index (χ3v) is 5.48. The number of halogens is 1. The predicted molar refractivity (Wildman–Crippen MR) is 124 cm³/mol. The molecule has 0 aliphatic heterocycles. The minimum absolute atomic E-state index is 0.104. The molecule has 33 heavy (non-hydrogen) atoms. The first-order valence-electron chi connectivity index (χ1n) is 10.1. The van der Waals surface area contributed by atoms with Crippen LogP contribution in [0.3, 0.4) is 0 Å². The molecule has 0 aliphatic carbocycles. The number of nitrogens with two attached hydrogens (primary N) is 1. The summed E-state index contributed by atoms with van der Waals surface area (Å²) in [5, 5.41) is 28.1. The quantitative estimate of drug-likeness (QED) is 0.461. The van der Waals surface area contributed by atoms with Crippen molar-refractivity contribution in [3.8, 4) is 28.8 Å². The van der Waals surface area contributed by atoms with Gasteiger partial charge >= 0.3 is 0 Å². The van der Waals surface area contributed by atoms with Gasteiger partial charge in [0, 0.05) is 5.56 Å². The largest absolute Gasteiger partial charge is 0.384 e. The molecule has 0 spiro atoms. The minimum atomic E-state index is -1.05. The molecule has 4 aromatic rings. The van der Waals surface area contributed by atoms with Gasteiger partial charge in [0.1, 0.15) is 27.8 Å². The first-order valence-corrected chi connectivity index (χ1v) is 10.5. The molecule has 0 saturated heterocycles.